The van der Waals surface area contributed by atoms with Gasteiger partial charge in [0.2, 0.25) is 5.75 Å². The van der Waals surface area contributed by atoms with Crippen LogP contribution in [0.25, 0.3) is 33.6 Å². The first kappa shape index (κ1) is 22.6. The van der Waals surface area contributed by atoms with E-state index in [1.54, 1.807) is 57.9 Å². The number of aromatic nitrogens is 1. The molecular weight excluding hydrogens is 450 g/mol. The molecular formula is C27H25NO7. The Bertz CT molecular complexity index is 1380. The minimum Gasteiger partial charge on any atom is -0.493 e. The van der Waals surface area contributed by atoms with Gasteiger partial charge in [-0.25, -0.2) is 4.79 Å². The van der Waals surface area contributed by atoms with Crippen molar-refractivity contribution in [3.63, 3.8) is 0 Å². The fraction of sp³-hybridized carbons (Fsp3) is 0.259. The van der Waals surface area contributed by atoms with E-state index in [1.165, 1.54) is 0 Å². The molecule has 4 aromatic rings. The van der Waals surface area contributed by atoms with Crippen molar-refractivity contribution in [1.82, 2.24) is 4.98 Å². The first-order valence-electron chi connectivity index (χ1n) is 11.2. The Morgan fingerprint density at radius 3 is 2.37 bits per heavy atom. The molecule has 8 nitrogen and oxygen atoms in total. The molecule has 0 bridgehead atoms. The van der Waals surface area contributed by atoms with Gasteiger partial charge in [0, 0.05) is 23.4 Å². The zero-order valence-corrected chi connectivity index (χ0v) is 19.7. The zero-order valence-electron chi connectivity index (χ0n) is 19.7. The third-order valence-electron chi connectivity index (χ3n) is 6.01. The van der Waals surface area contributed by atoms with Crippen LogP contribution in [-0.4, -0.2) is 44.0 Å². The SMILES string of the molecule is COc1cc(-c2cc3nccc(-c4cc(OCC5CC5)cc(C(=O)O)c4)c3o2)cc(OC)c1OC. The van der Waals surface area contributed by atoms with Crippen LogP contribution in [0.3, 0.4) is 0 Å². The zero-order chi connectivity index (χ0) is 24.5. The summed E-state index contributed by atoms with van der Waals surface area (Å²) in [5.41, 5.74) is 3.42. The van der Waals surface area contributed by atoms with Crippen molar-refractivity contribution in [3.05, 3.63) is 54.2 Å². The number of carboxylic acid groups (broad SMARTS) is 1. The molecule has 1 aliphatic rings. The lowest BCUT2D eigenvalue weighted by Gasteiger charge is -2.13. The standard InChI is InChI=1S/C27H25NO7/c1-31-23-11-17(12-24(32-2)26(23)33-3)22-13-21-25(35-22)20(6-7-28-21)16-8-18(27(29)30)10-19(9-16)34-14-15-4-5-15/h6-13,15H,4-5,14H2,1-3H3,(H,29,30). The van der Waals surface area contributed by atoms with Gasteiger partial charge in [-0.05, 0) is 60.7 Å². The highest BCUT2D eigenvalue weighted by Crippen LogP contribution is 2.43. The molecule has 0 atom stereocenters. The van der Waals surface area contributed by atoms with Gasteiger partial charge in [0.15, 0.2) is 17.1 Å². The maximum atomic E-state index is 11.8. The minimum atomic E-state index is -1.02. The third kappa shape index (κ3) is 4.47. The normalized spacial score (nSPS) is 13.0. The molecule has 5 rings (SSSR count). The second-order valence-electron chi connectivity index (χ2n) is 8.40. The van der Waals surface area contributed by atoms with Crippen LogP contribution in [0.5, 0.6) is 23.0 Å². The quantitative estimate of drug-likeness (QED) is 0.330. The molecule has 1 saturated carbocycles. The lowest BCUT2D eigenvalue weighted by atomic mass is 10.0. The molecule has 35 heavy (non-hydrogen) atoms. The van der Waals surface area contributed by atoms with E-state index in [0.717, 1.165) is 18.4 Å². The number of furan rings is 1. The van der Waals surface area contributed by atoms with Crippen molar-refractivity contribution >= 4 is 17.1 Å². The van der Waals surface area contributed by atoms with Crippen molar-refractivity contribution in [2.24, 2.45) is 5.92 Å². The number of fused-ring (bicyclic) bond motifs is 1. The number of benzene rings is 2. The van der Waals surface area contributed by atoms with Crippen LogP contribution in [0, 0.1) is 5.92 Å². The number of hydrogen-bond donors (Lipinski definition) is 1. The number of pyridine rings is 1. The van der Waals surface area contributed by atoms with E-state index in [4.69, 9.17) is 23.4 Å². The van der Waals surface area contributed by atoms with E-state index in [2.05, 4.69) is 4.98 Å². The van der Waals surface area contributed by atoms with E-state index in [9.17, 15) is 9.90 Å². The van der Waals surface area contributed by atoms with Gasteiger partial charge in [-0.1, -0.05) is 0 Å². The summed E-state index contributed by atoms with van der Waals surface area (Å²) in [5, 5.41) is 9.65. The predicted molar refractivity (Wildman–Crippen MR) is 130 cm³/mol. The molecule has 2 heterocycles. The largest absolute Gasteiger partial charge is 0.493 e. The summed E-state index contributed by atoms with van der Waals surface area (Å²) in [6.07, 6.45) is 3.96. The van der Waals surface area contributed by atoms with Crippen molar-refractivity contribution in [1.29, 1.82) is 0 Å². The molecule has 0 radical (unpaired) electrons. The molecule has 8 heteroatoms. The lowest BCUT2D eigenvalue weighted by molar-refractivity contribution is 0.0696. The van der Waals surface area contributed by atoms with Gasteiger partial charge < -0.3 is 28.5 Å². The monoisotopic (exact) mass is 475 g/mol. The molecule has 1 N–H and O–H groups in total. The second kappa shape index (κ2) is 9.21. The number of aromatic carboxylic acids is 1. The molecule has 1 fully saturated rings. The first-order valence-corrected chi connectivity index (χ1v) is 11.2. The minimum absolute atomic E-state index is 0.148. The molecule has 0 amide bonds. The Labute approximate surface area is 202 Å². The number of carbonyl (C=O) groups is 1. The Hall–Kier alpha value is -4.20. The van der Waals surface area contributed by atoms with Gasteiger partial charge in [0.25, 0.3) is 0 Å². The van der Waals surface area contributed by atoms with Crippen LogP contribution in [0.15, 0.2) is 53.1 Å². The van der Waals surface area contributed by atoms with Crippen LogP contribution in [-0.2, 0) is 0 Å². The van der Waals surface area contributed by atoms with Gasteiger partial charge >= 0.3 is 5.97 Å². The van der Waals surface area contributed by atoms with Gasteiger partial charge in [-0.2, -0.15) is 0 Å². The summed E-state index contributed by atoms with van der Waals surface area (Å²) < 4.78 is 28.5. The molecule has 0 unspecified atom stereocenters. The third-order valence-corrected chi connectivity index (χ3v) is 6.01. The number of rotatable bonds is 9. The highest BCUT2D eigenvalue weighted by Gasteiger charge is 2.23. The van der Waals surface area contributed by atoms with E-state index < -0.39 is 5.97 Å². The maximum absolute atomic E-state index is 11.8. The van der Waals surface area contributed by atoms with E-state index in [0.29, 0.717) is 63.5 Å². The Morgan fingerprint density at radius 1 is 1.00 bits per heavy atom. The first-order chi connectivity index (χ1) is 17.0. The molecule has 2 aromatic heterocycles. The lowest BCUT2D eigenvalue weighted by Crippen LogP contribution is -2.02. The van der Waals surface area contributed by atoms with Crippen molar-refractivity contribution in [2.45, 2.75) is 12.8 Å². The number of ether oxygens (including phenoxy) is 4. The van der Waals surface area contributed by atoms with Crippen LogP contribution in [0.1, 0.15) is 23.2 Å². The Morgan fingerprint density at radius 2 is 1.74 bits per heavy atom. The van der Waals surface area contributed by atoms with Crippen molar-refractivity contribution in [3.8, 4) is 45.4 Å². The average Bonchev–Trinajstić information content (AvgIpc) is 3.61. The number of methoxy groups -OCH3 is 3. The average molecular weight is 475 g/mol. The molecule has 180 valence electrons. The highest BCUT2D eigenvalue weighted by molar-refractivity contribution is 5.96. The highest BCUT2D eigenvalue weighted by atomic mass is 16.5. The summed E-state index contributed by atoms with van der Waals surface area (Å²) >= 11 is 0. The second-order valence-corrected chi connectivity index (χ2v) is 8.40. The Balaban J connectivity index is 1.60. The van der Waals surface area contributed by atoms with Crippen molar-refractivity contribution < 1.29 is 33.3 Å². The van der Waals surface area contributed by atoms with Gasteiger partial charge in [0.1, 0.15) is 17.0 Å². The summed E-state index contributed by atoms with van der Waals surface area (Å²) in [6, 6.07) is 12.2. The Kier molecular flexibility index (Phi) is 5.94. The topological polar surface area (TPSA) is 100 Å². The smallest absolute Gasteiger partial charge is 0.335 e. The fourth-order valence-electron chi connectivity index (χ4n) is 3.99. The molecule has 1 aliphatic carbocycles. The van der Waals surface area contributed by atoms with Crippen molar-refractivity contribution in [2.75, 3.05) is 27.9 Å². The number of nitrogens with zero attached hydrogens (tertiary/aromatic N) is 1. The summed E-state index contributed by atoms with van der Waals surface area (Å²) in [6.45, 7) is 0.584. The molecule has 2 aromatic carbocycles. The van der Waals surface area contributed by atoms with E-state index >= 15 is 0 Å². The van der Waals surface area contributed by atoms with Crippen LogP contribution in [0.2, 0.25) is 0 Å². The molecule has 0 spiro atoms. The summed E-state index contributed by atoms with van der Waals surface area (Å²) in [4.78, 5) is 16.2. The maximum Gasteiger partial charge on any atom is 0.335 e. The van der Waals surface area contributed by atoms with Crippen LogP contribution >= 0.6 is 0 Å². The number of hydrogen-bond acceptors (Lipinski definition) is 7. The van der Waals surface area contributed by atoms with Crippen LogP contribution in [0.4, 0.5) is 0 Å². The number of carboxylic acids is 1. The van der Waals surface area contributed by atoms with E-state index in [-0.39, 0.29) is 5.56 Å². The summed E-state index contributed by atoms with van der Waals surface area (Å²) in [5.74, 6) is 2.09. The van der Waals surface area contributed by atoms with Crippen LogP contribution < -0.4 is 18.9 Å². The predicted octanol–water partition coefficient (Wildman–Crippen LogP) is 5.67. The fourth-order valence-corrected chi connectivity index (χ4v) is 3.99. The molecule has 0 saturated heterocycles. The van der Waals surface area contributed by atoms with Gasteiger partial charge in [-0.3, -0.25) is 4.98 Å². The molecule has 0 aliphatic heterocycles. The van der Waals surface area contributed by atoms with E-state index in [1.807, 2.05) is 12.1 Å². The van der Waals surface area contributed by atoms with Gasteiger partial charge in [0.05, 0.1) is 33.5 Å². The van der Waals surface area contributed by atoms with Gasteiger partial charge in [-0.15, -0.1) is 0 Å². The summed E-state index contributed by atoms with van der Waals surface area (Å²) in [7, 11) is 4.65.